The Balaban J connectivity index is 2.90. The van der Waals surface area contributed by atoms with Crippen molar-refractivity contribution in [2.75, 3.05) is 0 Å². The van der Waals surface area contributed by atoms with Crippen molar-refractivity contribution in [1.29, 1.82) is 0 Å². The lowest BCUT2D eigenvalue weighted by atomic mass is 10.1. The molecule has 1 N–H and O–H groups in total. The number of aromatic amines is 1. The fraction of sp³-hybridized carbons (Fsp3) is 0.111. The van der Waals surface area contributed by atoms with Gasteiger partial charge in [0.1, 0.15) is 16.2 Å². The minimum absolute atomic E-state index is 0.0103. The molecule has 0 amide bonds. The molecule has 0 spiro atoms. The summed E-state index contributed by atoms with van der Waals surface area (Å²) in [5, 5.41) is 11.0. The van der Waals surface area contributed by atoms with Crippen molar-refractivity contribution in [3.8, 4) is 0 Å². The number of Topliss-reactive ketones (excluding diaryl/α,β-unsaturated/α-hetero) is 1. The molecule has 0 aliphatic rings. The van der Waals surface area contributed by atoms with Gasteiger partial charge in [-0.15, -0.1) is 0 Å². The largest absolute Gasteiger partial charge is 0.345 e. The molecule has 0 radical (unpaired) electrons. The number of H-pyrrole nitrogens is 1. The van der Waals surface area contributed by atoms with Crippen molar-refractivity contribution >= 4 is 34.1 Å². The maximum Gasteiger partial charge on any atom is 0.284 e. The molecule has 2 aromatic heterocycles. The molecular formula is C9H6ClN3O3. The van der Waals surface area contributed by atoms with Gasteiger partial charge >= 0.3 is 0 Å². The van der Waals surface area contributed by atoms with Crippen LogP contribution in [-0.2, 0) is 0 Å². The number of halogens is 1. The van der Waals surface area contributed by atoms with E-state index >= 15 is 0 Å². The summed E-state index contributed by atoms with van der Waals surface area (Å²) in [4.78, 5) is 28.1. The maximum absolute atomic E-state index is 11.3. The second-order valence-corrected chi connectivity index (χ2v) is 3.59. The molecule has 0 aliphatic heterocycles. The fourth-order valence-corrected chi connectivity index (χ4v) is 1.69. The van der Waals surface area contributed by atoms with Gasteiger partial charge in [-0.2, -0.15) is 0 Å². The number of carbonyl (C=O) groups excluding carboxylic acids is 1. The van der Waals surface area contributed by atoms with E-state index < -0.39 is 4.92 Å². The molecule has 82 valence electrons. The molecule has 0 saturated heterocycles. The minimum atomic E-state index is -0.587. The average Bonchev–Trinajstić information content (AvgIpc) is 2.59. The van der Waals surface area contributed by atoms with E-state index in [0.717, 1.165) is 6.07 Å². The van der Waals surface area contributed by atoms with Crippen molar-refractivity contribution in [3.05, 3.63) is 33.1 Å². The van der Waals surface area contributed by atoms with Gasteiger partial charge in [0.15, 0.2) is 5.78 Å². The quantitative estimate of drug-likeness (QED) is 0.377. The molecule has 2 rings (SSSR count). The Morgan fingerprint density at radius 3 is 2.88 bits per heavy atom. The number of fused-ring (bicyclic) bond motifs is 1. The van der Waals surface area contributed by atoms with Gasteiger partial charge in [0.2, 0.25) is 0 Å². The smallest absolute Gasteiger partial charge is 0.284 e. The Morgan fingerprint density at radius 1 is 1.62 bits per heavy atom. The van der Waals surface area contributed by atoms with Crippen LogP contribution in [0.1, 0.15) is 17.3 Å². The number of nitrogens with zero attached hydrogens (tertiary/aromatic N) is 2. The molecule has 2 heterocycles. The van der Waals surface area contributed by atoms with E-state index in [9.17, 15) is 14.9 Å². The SMILES string of the molecule is CC(=O)c1c[nH]c2nc(Cl)cc([N+](=O)[O-])c12. The Hall–Kier alpha value is -1.95. The molecule has 0 saturated carbocycles. The third kappa shape index (κ3) is 1.53. The first-order chi connectivity index (χ1) is 7.50. The van der Waals surface area contributed by atoms with Gasteiger partial charge < -0.3 is 4.98 Å². The lowest BCUT2D eigenvalue weighted by Gasteiger charge is -1.97. The highest BCUT2D eigenvalue weighted by atomic mass is 35.5. The van der Waals surface area contributed by atoms with Crippen molar-refractivity contribution in [3.63, 3.8) is 0 Å². The van der Waals surface area contributed by atoms with Gasteiger partial charge in [-0.05, 0) is 6.92 Å². The number of pyridine rings is 1. The highest BCUT2D eigenvalue weighted by Crippen LogP contribution is 2.29. The van der Waals surface area contributed by atoms with Crippen molar-refractivity contribution in [1.82, 2.24) is 9.97 Å². The first-order valence-electron chi connectivity index (χ1n) is 4.33. The number of hydrogen-bond acceptors (Lipinski definition) is 4. The lowest BCUT2D eigenvalue weighted by Crippen LogP contribution is -1.95. The second kappa shape index (κ2) is 3.57. The molecule has 7 heteroatoms. The normalized spacial score (nSPS) is 10.6. The van der Waals surface area contributed by atoms with Gasteiger partial charge in [-0.1, -0.05) is 11.6 Å². The number of ketones is 1. The number of carbonyl (C=O) groups is 1. The molecule has 16 heavy (non-hydrogen) atoms. The zero-order chi connectivity index (χ0) is 11.9. The Bertz CT molecular complexity index is 605. The van der Waals surface area contributed by atoms with Crippen LogP contribution in [-0.4, -0.2) is 20.7 Å². The molecule has 0 atom stereocenters. The lowest BCUT2D eigenvalue weighted by molar-refractivity contribution is -0.383. The first kappa shape index (κ1) is 10.6. The first-order valence-corrected chi connectivity index (χ1v) is 4.71. The minimum Gasteiger partial charge on any atom is -0.345 e. The molecule has 6 nitrogen and oxygen atoms in total. The summed E-state index contributed by atoms with van der Waals surface area (Å²) in [6, 6.07) is 1.13. The molecule has 0 aliphatic carbocycles. The van der Waals surface area contributed by atoms with Gasteiger partial charge in [0.25, 0.3) is 5.69 Å². The van der Waals surface area contributed by atoms with Crippen LogP contribution in [0, 0.1) is 10.1 Å². The van der Waals surface area contributed by atoms with Crippen LogP contribution in [0.25, 0.3) is 11.0 Å². The highest BCUT2D eigenvalue weighted by Gasteiger charge is 2.21. The predicted molar refractivity (Wildman–Crippen MR) is 57.8 cm³/mol. The van der Waals surface area contributed by atoms with E-state index in [1.54, 1.807) is 0 Å². The van der Waals surface area contributed by atoms with Crippen LogP contribution in [0.3, 0.4) is 0 Å². The number of nitro groups is 1. The standard InChI is InChI=1S/C9H6ClN3O3/c1-4(14)5-3-11-9-8(5)6(13(15)16)2-7(10)12-9/h2-3H,1H3,(H,11,12). The van der Waals surface area contributed by atoms with Crippen LogP contribution in [0.5, 0.6) is 0 Å². The molecule has 2 aromatic rings. The van der Waals surface area contributed by atoms with Crippen molar-refractivity contribution in [2.24, 2.45) is 0 Å². The number of rotatable bonds is 2. The molecule has 0 bridgehead atoms. The highest BCUT2D eigenvalue weighted by molar-refractivity contribution is 6.30. The van der Waals surface area contributed by atoms with Crippen LogP contribution >= 0.6 is 11.6 Å². The topological polar surface area (TPSA) is 88.9 Å². The zero-order valence-electron chi connectivity index (χ0n) is 8.15. The van der Waals surface area contributed by atoms with Crippen LogP contribution in [0.15, 0.2) is 12.3 Å². The fourth-order valence-electron chi connectivity index (χ4n) is 1.51. The van der Waals surface area contributed by atoms with Crippen molar-refractivity contribution < 1.29 is 9.72 Å². The Morgan fingerprint density at radius 2 is 2.31 bits per heavy atom. The van der Waals surface area contributed by atoms with E-state index in [1.165, 1.54) is 13.1 Å². The maximum atomic E-state index is 11.3. The van der Waals surface area contributed by atoms with Crippen LogP contribution in [0.2, 0.25) is 5.15 Å². The van der Waals surface area contributed by atoms with E-state index in [1.807, 2.05) is 0 Å². The van der Waals surface area contributed by atoms with E-state index in [0.29, 0.717) is 0 Å². The summed E-state index contributed by atoms with van der Waals surface area (Å²) in [6.07, 6.45) is 1.39. The zero-order valence-corrected chi connectivity index (χ0v) is 8.91. The Labute approximate surface area is 94.4 Å². The van der Waals surface area contributed by atoms with E-state index in [2.05, 4.69) is 9.97 Å². The third-order valence-electron chi connectivity index (χ3n) is 2.17. The van der Waals surface area contributed by atoms with E-state index in [-0.39, 0.29) is 33.2 Å². The summed E-state index contributed by atoms with van der Waals surface area (Å²) in [6.45, 7) is 1.33. The molecular weight excluding hydrogens is 234 g/mol. The predicted octanol–water partition coefficient (Wildman–Crippen LogP) is 2.33. The molecule has 0 aromatic carbocycles. The van der Waals surface area contributed by atoms with Gasteiger partial charge in [-0.3, -0.25) is 14.9 Å². The van der Waals surface area contributed by atoms with Crippen molar-refractivity contribution in [2.45, 2.75) is 6.92 Å². The molecule has 0 fully saturated rings. The number of nitrogens with one attached hydrogen (secondary N) is 1. The van der Waals surface area contributed by atoms with Crippen LogP contribution in [0.4, 0.5) is 5.69 Å². The summed E-state index contributed by atoms with van der Waals surface area (Å²) in [7, 11) is 0. The monoisotopic (exact) mass is 239 g/mol. The summed E-state index contributed by atoms with van der Waals surface area (Å²) in [5.74, 6) is -0.265. The second-order valence-electron chi connectivity index (χ2n) is 3.20. The number of hydrogen-bond donors (Lipinski definition) is 1. The van der Waals surface area contributed by atoms with Gasteiger partial charge in [0, 0.05) is 6.20 Å². The summed E-state index contributed by atoms with van der Waals surface area (Å²) in [5.41, 5.74) is 0.261. The van der Waals surface area contributed by atoms with Crippen LogP contribution < -0.4 is 0 Å². The summed E-state index contributed by atoms with van der Waals surface area (Å²) < 4.78 is 0. The van der Waals surface area contributed by atoms with Gasteiger partial charge in [0.05, 0.1) is 16.6 Å². The third-order valence-corrected chi connectivity index (χ3v) is 2.36. The summed E-state index contributed by atoms with van der Waals surface area (Å²) >= 11 is 5.64. The van der Waals surface area contributed by atoms with E-state index in [4.69, 9.17) is 11.6 Å². The molecule has 0 unspecified atom stereocenters. The Kier molecular flexibility index (Phi) is 2.35. The average molecular weight is 240 g/mol. The number of aromatic nitrogens is 2. The van der Waals surface area contributed by atoms with Gasteiger partial charge in [-0.25, -0.2) is 4.98 Å².